The third kappa shape index (κ3) is 2.42. The van der Waals surface area contributed by atoms with Gasteiger partial charge in [0.15, 0.2) is 0 Å². The molecule has 0 spiro atoms. The number of hydrogen-bond acceptors (Lipinski definition) is 3. The molecule has 0 aromatic heterocycles. The Morgan fingerprint density at radius 2 is 1.86 bits per heavy atom. The molecule has 0 bridgehead atoms. The molecule has 4 nitrogen and oxygen atoms in total. The van der Waals surface area contributed by atoms with E-state index in [-0.39, 0.29) is 5.91 Å². The summed E-state index contributed by atoms with van der Waals surface area (Å²) in [4.78, 5) is 16.3. The zero-order valence-corrected chi connectivity index (χ0v) is 12.4. The molecule has 1 N–H and O–H groups in total. The highest BCUT2D eigenvalue weighted by Crippen LogP contribution is 2.30. The molecule has 3 saturated heterocycles. The zero-order valence-electron chi connectivity index (χ0n) is 12.4. The van der Waals surface area contributed by atoms with Crippen molar-refractivity contribution in [1.82, 2.24) is 4.90 Å². The van der Waals surface area contributed by atoms with E-state index in [9.17, 15) is 4.79 Å². The second-order valence-electron chi connectivity index (χ2n) is 6.48. The van der Waals surface area contributed by atoms with Crippen LogP contribution in [-0.4, -0.2) is 42.5 Å². The van der Waals surface area contributed by atoms with E-state index in [1.165, 1.54) is 38.0 Å². The Bertz CT molecular complexity index is 527. The molecule has 1 amide bonds. The van der Waals surface area contributed by atoms with Crippen LogP contribution >= 0.6 is 0 Å². The number of carbonyl (C=O) groups excluding carboxylic acids is 1. The summed E-state index contributed by atoms with van der Waals surface area (Å²) in [6.07, 6.45) is 5.60. The van der Waals surface area contributed by atoms with E-state index in [4.69, 9.17) is 0 Å². The molecular formula is C17H23N3O. The van der Waals surface area contributed by atoms with E-state index < -0.39 is 0 Å². The lowest BCUT2D eigenvalue weighted by Crippen LogP contribution is -2.33. The first-order valence-electron chi connectivity index (χ1n) is 8.22. The van der Waals surface area contributed by atoms with Crippen molar-refractivity contribution in [3.63, 3.8) is 0 Å². The average Bonchev–Trinajstić information content (AvgIpc) is 3.19. The van der Waals surface area contributed by atoms with E-state index in [1.807, 2.05) is 4.90 Å². The zero-order chi connectivity index (χ0) is 14.2. The molecule has 1 aromatic carbocycles. The number of nitrogens with zero attached hydrogens (tertiary/aromatic N) is 2. The maximum atomic E-state index is 11.8. The van der Waals surface area contributed by atoms with E-state index in [2.05, 4.69) is 34.5 Å². The van der Waals surface area contributed by atoms with Crippen molar-refractivity contribution < 1.29 is 4.79 Å². The molecular weight excluding hydrogens is 262 g/mol. The Hall–Kier alpha value is -1.55. The molecule has 2 atom stereocenters. The van der Waals surface area contributed by atoms with Crippen molar-refractivity contribution in [3.05, 3.63) is 24.3 Å². The van der Waals surface area contributed by atoms with Crippen molar-refractivity contribution in [1.29, 1.82) is 0 Å². The topological polar surface area (TPSA) is 35.6 Å². The standard InChI is InChI=1S/C17H23N3O/c21-17-4-2-11-20(17)14-7-5-13(6-8-14)18-15-9-12-19-10-1-3-16(15)19/h5-8,15-16,18H,1-4,9-12H2. The predicted molar refractivity (Wildman–Crippen MR) is 84.7 cm³/mol. The van der Waals surface area contributed by atoms with Crippen LogP contribution in [0.1, 0.15) is 32.1 Å². The minimum absolute atomic E-state index is 0.257. The van der Waals surface area contributed by atoms with E-state index in [1.54, 1.807) is 0 Å². The molecule has 3 aliphatic rings. The van der Waals surface area contributed by atoms with Crippen LogP contribution < -0.4 is 10.2 Å². The summed E-state index contributed by atoms with van der Waals surface area (Å²) in [7, 11) is 0. The molecule has 1 aromatic rings. The van der Waals surface area contributed by atoms with Gasteiger partial charge in [-0.25, -0.2) is 0 Å². The lowest BCUT2D eigenvalue weighted by molar-refractivity contribution is -0.117. The Balaban J connectivity index is 1.43. The Labute approximate surface area is 126 Å². The Morgan fingerprint density at radius 1 is 1.00 bits per heavy atom. The van der Waals surface area contributed by atoms with Crippen molar-refractivity contribution in [2.24, 2.45) is 0 Å². The molecule has 0 aliphatic carbocycles. The van der Waals surface area contributed by atoms with Crippen molar-refractivity contribution >= 4 is 17.3 Å². The van der Waals surface area contributed by atoms with Crippen LogP contribution in [0.5, 0.6) is 0 Å². The summed E-state index contributed by atoms with van der Waals surface area (Å²) in [5.41, 5.74) is 2.22. The lowest BCUT2D eigenvalue weighted by atomic mass is 10.1. The third-order valence-electron chi connectivity index (χ3n) is 5.21. The fraction of sp³-hybridized carbons (Fsp3) is 0.588. The van der Waals surface area contributed by atoms with Crippen LogP contribution in [0.15, 0.2) is 24.3 Å². The third-order valence-corrected chi connectivity index (χ3v) is 5.21. The van der Waals surface area contributed by atoms with Crippen molar-refractivity contribution in [2.45, 2.75) is 44.2 Å². The lowest BCUT2D eigenvalue weighted by Gasteiger charge is -2.23. The van der Waals surface area contributed by atoms with Crippen LogP contribution in [0, 0.1) is 0 Å². The summed E-state index contributed by atoms with van der Waals surface area (Å²) in [5, 5.41) is 3.70. The van der Waals surface area contributed by atoms with Gasteiger partial charge in [-0.3, -0.25) is 9.69 Å². The summed E-state index contributed by atoms with van der Waals surface area (Å²) in [6, 6.07) is 9.72. The maximum absolute atomic E-state index is 11.8. The summed E-state index contributed by atoms with van der Waals surface area (Å²) in [5.74, 6) is 0.257. The number of carbonyl (C=O) groups is 1. The average molecular weight is 285 g/mol. The molecule has 3 aliphatic heterocycles. The fourth-order valence-corrected chi connectivity index (χ4v) is 4.12. The van der Waals surface area contributed by atoms with Gasteiger partial charge >= 0.3 is 0 Å². The minimum atomic E-state index is 0.257. The Morgan fingerprint density at radius 3 is 2.62 bits per heavy atom. The van der Waals surface area contributed by atoms with E-state index in [0.29, 0.717) is 12.5 Å². The highest BCUT2D eigenvalue weighted by molar-refractivity contribution is 5.95. The number of fused-ring (bicyclic) bond motifs is 1. The first-order valence-corrected chi connectivity index (χ1v) is 8.22. The van der Waals surface area contributed by atoms with Gasteiger partial charge in [0, 0.05) is 43.0 Å². The summed E-state index contributed by atoms with van der Waals surface area (Å²) in [6.45, 7) is 3.38. The van der Waals surface area contributed by atoms with E-state index >= 15 is 0 Å². The molecule has 3 fully saturated rings. The highest BCUT2D eigenvalue weighted by Gasteiger charge is 2.36. The minimum Gasteiger partial charge on any atom is -0.381 e. The van der Waals surface area contributed by atoms with Crippen LogP contribution in [0.3, 0.4) is 0 Å². The monoisotopic (exact) mass is 285 g/mol. The summed E-state index contributed by atoms with van der Waals surface area (Å²) < 4.78 is 0. The van der Waals surface area contributed by atoms with Gasteiger partial charge in [-0.15, -0.1) is 0 Å². The van der Waals surface area contributed by atoms with Gasteiger partial charge in [0.25, 0.3) is 0 Å². The second kappa shape index (κ2) is 5.34. The van der Waals surface area contributed by atoms with Crippen molar-refractivity contribution in [3.8, 4) is 0 Å². The quantitative estimate of drug-likeness (QED) is 0.926. The highest BCUT2D eigenvalue weighted by atomic mass is 16.2. The number of nitrogens with one attached hydrogen (secondary N) is 1. The molecule has 112 valence electrons. The second-order valence-corrected chi connectivity index (χ2v) is 6.48. The number of benzene rings is 1. The SMILES string of the molecule is O=C1CCCN1c1ccc(NC2CCN3CCCC23)cc1. The molecule has 0 saturated carbocycles. The van der Waals surface area contributed by atoms with Gasteiger partial charge in [-0.05, 0) is 56.5 Å². The number of anilines is 2. The van der Waals surface area contributed by atoms with Gasteiger partial charge in [0.1, 0.15) is 0 Å². The smallest absolute Gasteiger partial charge is 0.227 e. The van der Waals surface area contributed by atoms with E-state index in [0.717, 1.165) is 24.7 Å². The first kappa shape index (κ1) is 13.1. The van der Waals surface area contributed by atoms with Gasteiger partial charge in [-0.2, -0.15) is 0 Å². The fourth-order valence-electron chi connectivity index (χ4n) is 4.12. The van der Waals surface area contributed by atoms with Crippen LogP contribution in [0.25, 0.3) is 0 Å². The van der Waals surface area contributed by atoms with Crippen LogP contribution in [-0.2, 0) is 4.79 Å². The number of hydrogen-bond donors (Lipinski definition) is 1. The molecule has 2 unspecified atom stereocenters. The molecule has 3 heterocycles. The van der Waals surface area contributed by atoms with Gasteiger partial charge < -0.3 is 10.2 Å². The summed E-state index contributed by atoms with van der Waals surface area (Å²) >= 11 is 0. The van der Waals surface area contributed by atoms with Gasteiger partial charge in [0.2, 0.25) is 5.91 Å². The molecule has 4 rings (SSSR count). The van der Waals surface area contributed by atoms with Gasteiger partial charge in [0.05, 0.1) is 0 Å². The van der Waals surface area contributed by atoms with Crippen LogP contribution in [0.4, 0.5) is 11.4 Å². The predicted octanol–water partition coefficient (Wildman–Crippen LogP) is 2.46. The molecule has 0 radical (unpaired) electrons. The number of rotatable bonds is 3. The normalized spacial score (nSPS) is 29.1. The van der Waals surface area contributed by atoms with Gasteiger partial charge in [-0.1, -0.05) is 0 Å². The van der Waals surface area contributed by atoms with Crippen LogP contribution in [0.2, 0.25) is 0 Å². The first-order chi connectivity index (χ1) is 10.3. The molecule has 4 heteroatoms. The molecule has 21 heavy (non-hydrogen) atoms. The van der Waals surface area contributed by atoms with Crippen molar-refractivity contribution in [2.75, 3.05) is 29.9 Å². The Kier molecular flexibility index (Phi) is 3.34. The largest absolute Gasteiger partial charge is 0.381 e. The number of amides is 1. The maximum Gasteiger partial charge on any atom is 0.227 e.